The molecule has 5 heteroatoms. The highest BCUT2D eigenvalue weighted by atomic mass is 79.9. The second-order valence-corrected chi connectivity index (χ2v) is 8.27. The van der Waals surface area contributed by atoms with E-state index in [0.29, 0.717) is 0 Å². The summed E-state index contributed by atoms with van der Waals surface area (Å²) in [6.45, 7) is 0.0633. The molecule has 0 saturated carbocycles. The maximum Gasteiger partial charge on any atom is 0.244 e. The zero-order chi connectivity index (χ0) is 16.4. The third-order valence-corrected chi connectivity index (χ3v) is 6.44. The third kappa shape index (κ3) is 3.07. The summed E-state index contributed by atoms with van der Waals surface area (Å²) in [5, 5.41) is 0. The van der Waals surface area contributed by atoms with Crippen LogP contribution in [0.15, 0.2) is 57.9 Å². The van der Waals surface area contributed by atoms with Crippen molar-refractivity contribution in [2.75, 3.05) is 6.54 Å². The second kappa shape index (κ2) is 6.48. The lowest BCUT2D eigenvalue weighted by Crippen LogP contribution is -2.34. The quantitative estimate of drug-likeness (QED) is 0.746. The molecule has 3 nitrogen and oxygen atoms in total. The standard InChI is InChI=1S/C18H16BrNO2S/c1-2-12-20(18-11-10-14-6-3-4-9-17(14)18)23(21,22)16-8-5-7-15(19)13-16/h1,3-9,13,18H,10-12H2. The third-order valence-electron chi connectivity index (χ3n) is 4.10. The highest BCUT2D eigenvalue weighted by Crippen LogP contribution is 2.38. The van der Waals surface area contributed by atoms with E-state index in [1.54, 1.807) is 24.3 Å². The molecule has 0 bridgehead atoms. The van der Waals surface area contributed by atoms with Gasteiger partial charge in [-0.2, -0.15) is 4.31 Å². The van der Waals surface area contributed by atoms with Gasteiger partial charge in [0.05, 0.1) is 17.5 Å². The van der Waals surface area contributed by atoms with Crippen LogP contribution < -0.4 is 0 Å². The van der Waals surface area contributed by atoms with Gasteiger partial charge >= 0.3 is 0 Å². The normalized spacial score (nSPS) is 17.0. The van der Waals surface area contributed by atoms with Gasteiger partial charge in [-0.25, -0.2) is 8.42 Å². The van der Waals surface area contributed by atoms with Gasteiger partial charge in [-0.05, 0) is 42.2 Å². The summed E-state index contributed by atoms with van der Waals surface area (Å²) in [5.74, 6) is 2.50. The first-order chi connectivity index (χ1) is 11.0. The fraction of sp³-hybridized carbons (Fsp3) is 0.222. The Labute approximate surface area is 145 Å². The topological polar surface area (TPSA) is 37.4 Å². The van der Waals surface area contributed by atoms with Crippen LogP contribution in [0, 0.1) is 12.3 Å². The van der Waals surface area contributed by atoms with Crippen LogP contribution in [0.25, 0.3) is 0 Å². The molecule has 0 fully saturated rings. The summed E-state index contributed by atoms with van der Waals surface area (Å²) in [7, 11) is -3.65. The SMILES string of the molecule is C#CCN(C1CCc2ccccc21)S(=O)(=O)c1cccc(Br)c1. The van der Waals surface area contributed by atoms with Gasteiger partial charge in [-0.1, -0.05) is 52.2 Å². The van der Waals surface area contributed by atoms with Crippen molar-refractivity contribution in [3.05, 3.63) is 64.1 Å². The van der Waals surface area contributed by atoms with Crippen LogP contribution in [0.5, 0.6) is 0 Å². The number of hydrogen-bond acceptors (Lipinski definition) is 2. The van der Waals surface area contributed by atoms with Gasteiger partial charge in [0.2, 0.25) is 10.0 Å². The molecule has 0 saturated heterocycles. The molecule has 2 aromatic carbocycles. The Hall–Kier alpha value is -1.61. The molecule has 0 N–H and O–H groups in total. The van der Waals surface area contributed by atoms with Crippen LogP contribution >= 0.6 is 15.9 Å². The van der Waals surface area contributed by atoms with Crippen LogP contribution in [0.4, 0.5) is 0 Å². The number of aryl methyl sites for hydroxylation is 1. The van der Waals surface area contributed by atoms with Crippen LogP contribution in [-0.2, 0) is 16.4 Å². The Morgan fingerprint density at radius 1 is 1.22 bits per heavy atom. The molecule has 0 aliphatic heterocycles. The molecule has 1 unspecified atom stereocenters. The van der Waals surface area contributed by atoms with Crippen LogP contribution in [0.1, 0.15) is 23.6 Å². The lowest BCUT2D eigenvalue weighted by molar-refractivity contribution is 0.352. The monoisotopic (exact) mass is 389 g/mol. The first kappa shape index (κ1) is 16.3. The van der Waals surface area contributed by atoms with Gasteiger partial charge in [0.15, 0.2) is 0 Å². The fourth-order valence-corrected chi connectivity index (χ4v) is 5.20. The molecule has 118 valence electrons. The highest BCUT2D eigenvalue weighted by Gasteiger charge is 2.35. The van der Waals surface area contributed by atoms with Gasteiger partial charge in [-0.3, -0.25) is 0 Å². The molecule has 2 aromatic rings. The Morgan fingerprint density at radius 3 is 2.74 bits per heavy atom. The Balaban J connectivity index is 2.05. The number of terminal acetylenes is 1. The summed E-state index contributed by atoms with van der Waals surface area (Å²) in [4.78, 5) is 0.256. The molecule has 3 rings (SSSR count). The predicted molar refractivity (Wildman–Crippen MR) is 94.4 cm³/mol. The van der Waals surface area contributed by atoms with E-state index in [9.17, 15) is 8.42 Å². The van der Waals surface area contributed by atoms with E-state index in [-0.39, 0.29) is 17.5 Å². The Kier molecular flexibility index (Phi) is 4.58. The Morgan fingerprint density at radius 2 is 2.00 bits per heavy atom. The minimum atomic E-state index is -3.65. The number of hydrogen-bond donors (Lipinski definition) is 0. The molecule has 0 heterocycles. The lowest BCUT2D eigenvalue weighted by atomic mass is 10.1. The number of sulfonamides is 1. The van der Waals surface area contributed by atoms with Gasteiger partial charge in [0.25, 0.3) is 0 Å². The van der Waals surface area contributed by atoms with Crippen molar-refractivity contribution in [3.63, 3.8) is 0 Å². The van der Waals surface area contributed by atoms with Crippen molar-refractivity contribution in [3.8, 4) is 12.3 Å². The van der Waals surface area contributed by atoms with Crippen molar-refractivity contribution < 1.29 is 8.42 Å². The van der Waals surface area contributed by atoms with Crippen molar-refractivity contribution >= 4 is 26.0 Å². The van der Waals surface area contributed by atoms with E-state index in [2.05, 4.69) is 27.9 Å². The predicted octanol–water partition coefficient (Wildman–Crippen LogP) is 3.76. The minimum Gasteiger partial charge on any atom is -0.207 e. The Bertz CT molecular complexity index is 871. The fourth-order valence-electron chi connectivity index (χ4n) is 3.05. The molecule has 1 atom stereocenters. The van der Waals surface area contributed by atoms with Crippen LogP contribution in [-0.4, -0.2) is 19.3 Å². The minimum absolute atomic E-state index is 0.0633. The van der Waals surface area contributed by atoms with E-state index in [1.165, 1.54) is 9.87 Å². The van der Waals surface area contributed by atoms with E-state index in [0.717, 1.165) is 22.9 Å². The lowest BCUT2D eigenvalue weighted by Gasteiger charge is -2.27. The maximum absolute atomic E-state index is 13.1. The first-order valence-corrected chi connectivity index (χ1v) is 9.56. The summed E-state index contributed by atoms with van der Waals surface area (Å²) in [5.41, 5.74) is 2.25. The van der Waals surface area contributed by atoms with E-state index < -0.39 is 10.0 Å². The number of nitrogens with zero attached hydrogens (tertiary/aromatic N) is 1. The average Bonchev–Trinajstić information content (AvgIpc) is 2.96. The second-order valence-electron chi connectivity index (χ2n) is 5.47. The summed E-state index contributed by atoms with van der Waals surface area (Å²) in [6.07, 6.45) is 7.09. The van der Waals surface area contributed by atoms with Crippen molar-refractivity contribution in [2.45, 2.75) is 23.8 Å². The largest absolute Gasteiger partial charge is 0.244 e. The highest BCUT2D eigenvalue weighted by molar-refractivity contribution is 9.10. The van der Waals surface area contributed by atoms with E-state index in [1.807, 2.05) is 18.2 Å². The first-order valence-electron chi connectivity index (χ1n) is 7.32. The van der Waals surface area contributed by atoms with Gasteiger partial charge in [-0.15, -0.1) is 6.42 Å². The van der Waals surface area contributed by atoms with E-state index >= 15 is 0 Å². The van der Waals surface area contributed by atoms with Gasteiger partial charge in [0, 0.05) is 4.47 Å². The summed E-state index contributed by atoms with van der Waals surface area (Å²) < 4.78 is 28.3. The molecule has 1 aliphatic rings. The molecule has 0 spiro atoms. The summed E-state index contributed by atoms with van der Waals surface area (Å²) in [6, 6.07) is 14.5. The molecule has 0 aromatic heterocycles. The molecule has 23 heavy (non-hydrogen) atoms. The molecule has 1 aliphatic carbocycles. The number of halogens is 1. The molecular formula is C18H16BrNO2S. The average molecular weight is 390 g/mol. The smallest absolute Gasteiger partial charge is 0.207 e. The molecule has 0 radical (unpaired) electrons. The van der Waals surface area contributed by atoms with Gasteiger partial charge in [0.1, 0.15) is 0 Å². The molecule has 0 amide bonds. The van der Waals surface area contributed by atoms with Crippen molar-refractivity contribution in [1.29, 1.82) is 0 Å². The number of benzene rings is 2. The number of rotatable bonds is 4. The van der Waals surface area contributed by atoms with Crippen molar-refractivity contribution in [1.82, 2.24) is 4.31 Å². The number of fused-ring (bicyclic) bond motifs is 1. The zero-order valence-electron chi connectivity index (χ0n) is 12.4. The van der Waals surface area contributed by atoms with Crippen LogP contribution in [0.3, 0.4) is 0 Å². The van der Waals surface area contributed by atoms with E-state index in [4.69, 9.17) is 6.42 Å². The maximum atomic E-state index is 13.1. The van der Waals surface area contributed by atoms with Crippen LogP contribution in [0.2, 0.25) is 0 Å². The van der Waals surface area contributed by atoms with Crippen molar-refractivity contribution in [2.24, 2.45) is 0 Å². The zero-order valence-corrected chi connectivity index (χ0v) is 14.8. The summed E-state index contributed by atoms with van der Waals surface area (Å²) >= 11 is 3.33. The molecular weight excluding hydrogens is 374 g/mol. The van der Waals surface area contributed by atoms with Gasteiger partial charge < -0.3 is 0 Å².